The Hall–Kier alpha value is -0.0500. The first kappa shape index (κ1) is 4.95. The highest BCUT2D eigenvalue weighted by atomic mass is 31.0. The van der Waals surface area contributed by atoms with Gasteiger partial charge in [-0.25, -0.2) is 0 Å². The Morgan fingerprint density at radius 2 is 2.20 bits per heavy atom. The van der Waals surface area contributed by atoms with Crippen molar-refractivity contribution < 1.29 is 0 Å². The second-order valence-electron chi connectivity index (χ2n) is 0.860. The Kier molecular flexibility index (Phi) is 2.18. The van der Waals surface area contributed by atoms with E-state index in [9.17, 15) is 0 Å². The van der Waals surface area contributed by atoms with Gasteiger partial charge < -0.3 is 0 Å². The van der Waals surface area contributed by atoms with E-state index in [1.54, 1.807) is 0 Å². The molecule has 1 heteroatoms. The fourth-order valence-corrected chi connectivity index (χ4v) is 0. The maximum Gasteiger partial charge on any atom is -0.0146 e. The van der Waals surface area contributed by atoms with Crippen molar-refractivity contribution >= 4 is 9.24 Å². The molecule has 0 spiro atoms. The molecule has 0 radical (unpaired) electrons. The molecule has 0 heterocycles. The maximum atomic E-state index is 3.38. The van der Waals surface area contributed by atoms with Crippen LogP contribution in [0.2, 0.25) is 0 Å². The molecule has 0 aromatic heterocycles. The smallest absolute Gasteiger partial charge is 0.0146 e. The molecule has 0 rings (SSSR count). The van der Waals surface area contributed by atoms with Crippen LogP contribution >= 0.6 is 9.24 Å². The second-order valence-corrected chi connectivity index (χ2v) is 1.73. The standard InChI is InChI=1S/C4H7P/c1-3-4(2)5/h1,5H2,2H3. The lowest BCUT2D eigenvalue weighted by Gasteiger charge is -1.67. The highest BCUT2D eigenvalue weighted by Gasteiger charge is 1.57. The normalized spacial score (nSPS) is 6.00. The Labute approximate surface area is 34.8 Å². The van der Waals surface area contributed by atoms with Crippen LogP contribution in [0.1, 0.15) is 6.92 Å². The predicted octanol–water partition coefficient (Wildman–Crippen LogP) is 1.55. The third kappa shape index (κ3) is 3.95. The largest absolute Gasteiger partial charge is 0.126 e. The number of rotatable bonds is 0. The zero-order chi connectivity index (χ0) is 4.28. The van der Waals surface area contributed by atoms with E-state index in [2.05, 4.69) is 21.5 Å². The quantitative estimate of drug-likeness (QED) is 0.310. The van der Waals surface area contributed by atoms with Crippen molar-refractivity contribution in [3.63, 3.8) is 0 Å². The molecule has 0 aromatic rings. The lowest BCUT2D eigenvalue weighted by molar-refractivity contribution is 1.72. The molecule has 0 saturated carbocycles. The van der Waals surface area contributed by atoms with Crippen molar-refractivity contribution in [2.45, 2.75) is 6.92 Å². The van der Waals surface area contributed by atoms with Crippen LogP contribution in [0.4, 0.5) is 0 Å². The van der Waals surface area contributed by atoms with Crippen molar-refractivity contribution in [2.75, 3.05) is 0 Å². The highest BCUT2D eigenvalue weighted by molar-refractivity contribution is 7.22. The molecule has 0 aliphatic rings. The van der Waals surface area contributed by atoms with Gasteiger partial charge in [-0.15, -0.1) is 15.0 Å². The molecule has 0 aliphatic heterocycles. The Balaban J connectivity index is 3.60. The van der Waals surface area contributed by atoms with Crippen LogP contribution in [0.25, 0.3) is 0 Å². The third-order valence-electron chi connectivity index (χ3n) is 0.279. The summed E-state index contributed by atoms with van der Waals surface area (Å²) in [6.45, 7) is 5.31. The van der Waals surface area contributed by atoms with Crippen molar-refractivity contribution in [1.82, 2.24) is 0 Å². The van der Waals surface area contributed by atoms with Gasteiger partial charge in [-0.05, 0) is 12.2 Å². The topological polar surface area (TPSA) is 0 Å². The van der Waals surface area contributed by atoms with Gasteiger partial charge in [-0.2, -0.15) is 0 Å². The van der Waals surface area contributed by atoms with Gasteiger partial charge in [0.2, 0.25) is 0 Å². The zero-order valence-corrected chi connectivity index (χ0v) is 4.44. The summed E-state index contributed by atoms with van der Waals surface area (Å²) < 4.78 is 0. The van der Waals surface area contributed by atoms with E-state index in [1.807, 2.05) is 6.92 Å². The molecule has 1 unspecified atom stereocenters. The second kappa shape index (κ2) is 2.20. The SMILES string of the molecule is C=C=C(C)P. The highest BCUT2D eigenvalue weighted by Crippen LogP contribution is 1.95. The molecular formula is C4H7P. The summed E-state index contributed by atoms with van der Waals surface area (Å²) in [6.07, 6.45) is 0. The van der Waals surface area contributed by atoms with Crippen LogP contribution in [-0.4, -0.2) is 0 Å². The molecule has 0 N–H and O–H groups in total. The summed E-state index contributed by atoms with van der Waals surface area (Å²) in [5.74, 6) is 0. The van der Waals surface area contributed by atoms with Crippen molar-refractivity contribution in [3.8, 4) is 0 Å². The van der Waals surface area contributed by atoms with Gasteiger partial charge in [0.1, 0.15) is 0 Å². The van der Waals surface area contributed by atoms with E-state index in [4.69, 9.17) is 0 Å². The van der Waals surface area contributed by atoms with Crippen molar-refractivity contribution in [2.24, 2.45) is 0 Å². The summed E-state index contributed by atoms with van der Waals surface area (Å²) in [6, 6.07) is 0. The van der Waals surface area contributed by atoms with E-state index in [-0.39, 0.29) is 0 Å². The van der Waals surface area contributed by atoms with Gasteiger partial charge in [0.05, 0.1) is 0 Å². The van der Waals surface area contributed by atoms with Crippen LogP contribution in [0.5, 0.6) is 0 Å². The predicted molar refractivity (Wildman–Crippen MR) is 28.0 cm³/mol. The maximum absolute atomic E-state index is 3.38. The molecule has 0 aliphatic carbocycles. The first-order valence-corrected chi connectivity index (χ1v) is 1.97. The zero-order valence-electron chi connectivity index (χ0n) is 3.28. The van der Waals surface area contributed by atoms with Crippen LogP contribution in [0.3, 0.4) is 0 Å². The Morgan fingerprint density at radius 3 is 2.20 bits per heavy atom. The minimum absolute atomic E-state index is 1.06. The summed E-state index contributed by atoms with van der Waals surface area (Å²) in [7, 11) is 2.48. The minimum Gasteiger partial charge on any atom is -0.126 e. The number of hydrogen-bond donors (Lipinski definition) is 0. The minimum atomic E-state index is 1.06. The molecular weight excluding hydrogens is 79.0 g/mol. The molecule has 0 nitrogen and oxygen atoms in total. The molecule has 1 atom stereocenters. The summed E-state index contributed by atoms with van der Waals surface area (Å²) in [4.78, 5) is 0. The lowest BCUT2D eigenvalue weighted by Crippen LogP contribution is -1.37. The summed E-state index contributed by atoms with van der Waals surface area (Å²) in [5.41, 5.74) is 2.66. The van der Waals surface area contributed by atoms with Gasteiger partial charge in [0.25, 0.3) is 0 Å². The average Bonchev–Trinajstić information content (AvgIpc) is 1.38. The lowest BCUT2D eigenvalue weighted by atomic mass is 10.7. The molecule has 5 heavy (non-hydrogen) atoms. The molecule has 0 aromatic carbocycles. The van der Waals surface area contributed by atoms with Gasteiger partial charge in [-0.1, -0.05) is 6.58 Å². The Morgan fingerprint density at radius 1 is 2.00 bits per heavy atom. The first-order valence-electron chi connectivity index (χ1n) is 1.39. The molecule has 0 saturated heterocycles. The van der Waals surface area contributed by atoms with Gasteiger partial charge in [-0.3, -0.25) is 0 Å². The monoisotopic (exact) mass is 86.0 g/mol. The van der Waals surface area contributed by atoms with E-state index < -0.39 is 0 Å². The van der Waals surface area contributed by atoms with Crippen LogP contribution in [0.15, 0.2) is 17.6 Å². The Bertz CT molecular complexity index is 63.7. The fourth-order valence-electron chi connectivity index (χ4n) is 0. The van der Waals surface area contributed by atoms with E-state index >= 15 is 0 Å². The van der Waals surface area contributed by atoms with Gasteiger partial charge in [0, 0.05) is 0 Å². The number of hydrogen-bond acceptors (Lipinski definition) is 0. The van der Waals surface area contributed by atoms with Gasteiger partial charge in [0.15, 0.2) is 0 Å². The summed E-state index contributed by atoms with van der Waals surface area (Å²) in [5, 5.41) is 1.06. The van der Waals surface area contributed by atoms with E-state index in [0.717, 1.165) is 5.31 Å². The first-order chi connectivity index (χ1) is 2.27. The fraction of sp³-hybridized carbons (Fsp3) is 0.250. The van der Waals surface area contributed by atoms with Crippen molar-refractivity contribution in [3.05, 3.63) is 17.6 Å². The molecule has 0 amide bonds. The van der Waals surface area contributed by atoms with Crippen molar-refractivity contribution in [1.29, 1.82) is 0 Å². The van der Waals surface area contributed by atoms with Crippen LogP contribution in [0, 0.1) is 0 Å². The average molecular weight is 86.1 g/mol. The molecule has 0 bridgehead atoms. The molecule has 28 valence electrons. The molecule has 0 fully saturated rings. The van der Waals surface area contributed by atoms with Crippen LogP contribution in [-0.2, 0) is 0 Å². The van der Waals surface area contributed by atoms with Crippen LogP contribution < -0.4 is 0 Å². The number of allylic oxidation sites excluding steroid dienone is 1. The third-order valence-corrected chi connectivity index (χ3v) is 0.483. The summed E-state index contributed by atoms with van der Waals surface area (Å²) >= 11 is 0. The van der Waals surface area contributed by atoms with Gasteiger partial charge >= 0.3 is 0 Å². The van der Waals surface area contributed by atoms with E-state index in [0.29, 0.717) is 0 Å². The van der Waals surface area contributed by atoms with E-state index in [1.165, 1.54) is 0 Å².